The first kappa shape index (κ1) is 25.5. The Labute approximate surface area is 226 Å². The van der Waals surface area contributed by atoms with Crippen LogP contribution in [0, 0.1) is 0 Å². The predicted molar refractivity (Wildman–Crippen MR) is 145 cm³/mol. The van der Waals surface area contributed by atoms with E-state index in [-0.39, 0.29) is 31.7 Å². The number of carbonyl (C=O) groups is 2. The van der Waals surface area contributed by atoms with Crippen LogP contribution in [0.5, 0.6) is 11.5 Å². The largest absolute Gasteiger partial charge is 0.454 e. The second-order valence-corrected chi connectivity index (χ2v) is 9.43. The van der Waals surface area contributed by atoms with Gasteiger partial charge in [0.05, 0.1) is 10.7 Å². The Morgan fingerprint density at radius 2 is 1.84 bits per heavy atom. The molecule has 9 nitrogen and oxygen atoms in total. The zero-order valence-corrected chi connectivity index (χ0v) is 21.6. The number of nitrogens with zero attached hydrogens (tertiary/aromatic N) is 5. The van der Waals surface area contributed by atoms with E-state index in [1.807, 2.05) is 36.4 Å². The van der Waals surface area contributed by atoms with Gasteiger partial charge < -0.3 is 24.2 Å². The van der Waals surface area contributed by atoms with Crippen LogP contribution in [0.25, 0.3) is 11.3 Å². The molecule has 1 fully saturated rings. The van der Waals surface area contributed by atoms with Gasteiger partial charge in [0.1, 0.15) is 6.54 Å². The number of fused-ring (bicyclic) bond motifs is 1. The summed E-state index contributed by atoms with van der Waals surface area (Å²) < 4.78 is 10.7. The Kier molecular flexibility index (Phi) is 7.74. The maximum Gasteiger partial charge on any atom is 0.254 e. The molecule has 0 atom stereocenters. The maximum atomic E-state index is 13.2. The van der Waals surface area contributed by atoms with E-state index in [1.54, 1.807) is 29.2 Å². The van der Waals surface area contributed by atoms with Gasteiger partial charge in [0.2, 0.25) is 12.7 Å². The summed E-state index contributed by atoms with van der Waals surface area (Å²) in [5, 5.41) is 9.41. The van der Waals surface area contributed by atoms with Crippen LogP contribution in [-0.4, -0.2) is 77.9 Å². The van der Waals surface area contributed by atoms with Crippen LogP contribution in [0.4, 0.5) is 5.82 Å². The smallest absolute Gasteiger partial charge is 0.254 e. The molecular weight excluding hydrogens is 506 g/mol. The van der Waals surface area contributed by atoms with Gasteiger partial charge in [-0.2, -0.15) is 0 Å². The Hall–Kier alpha value is -4.11. The Bertz CT molecular complexity index is 1330. The highest BCUT2D eigenvalue weighted by molar-refractivity contribution is 6.33. The van der Waals surface area contributed by atoms with E-state index in [4.69, 9.17) is 21.1 Å². The van der Waals surface area contributed by atoms with Crippen molar-refractivity contribution < 1.29 is 19.1 Å². The number of benzene rings is 2. The van der Waals surface area contributed by atoms with E-state index in [9.17, 15) is 9.59 Å². The Morgan fingerprint density at radius 1 is 1.00 bits per heavy atom. The lowest BCUT2D eigenvalue weighted by Gasteiger charge is -2.26. The first-order valence-corrected chi connectivity index (χ1v) is 12.8. The van der Waals surface area contributed by atoms with Crippen molar-refractivity contribution in [2.45, 2.75) is 6.42 Å². The standard InChI is InChI=1S/C28H28ClN5O4/c1-2-12-34(28(36)20-8-10-24-25(17-20)38-19-37-24)18-27(35)33-14-5-13-32(15-16-33)26-11-9-23(30-31-26)21-6-3-4-7-22(21)29/h2-4,6-11,17H,1,5,12-16,18-19H2. The van der Waals surface area contributed by atoms with Crippen LogP contribution < -0.4 is 14.4 Å². The molecule has 5 rings (SSSR count). The lowest BCUT2D eigenvalue weighted by Crippen LogP contribution is -2.44. The highest BCUT2D eigenvalue weighted by Crippen LogP contribution is 2.33. The minimum atomic E-state index is -0.262. The van der Waals surface area contributed by atoms with Crippen LogP contribution in [0.3, 0.4) is 0 Å². The van der Waals surface area contributed by atoms with Crippen LogP contribution in [-0.2, 0) is 4.79 Å². The van der Waals surface area contributed by atoms with Crippen LogP contribution >= 0.6 is 11.6 Å². The monoisotopic (exact) mass is 533 g/mol. The SMILES string of the molecule is C=CCN(CC(=O)N1CCCN(c2ccc(-c3ccccc3Cl)nn2)CC1)C(=O)c1ccc2c(c1)OCO2. The summed E-state index contributed by atoms with van der Waals surface area (Å²) in [6.07, 6.45) is 2.39. The zero-order valence-electron chi connectivity index (χ0n) is 20.9. The molecule has 0 bridgehead atoms. The molecule has 3 heterocycles. The molecule has 3 aromatic rings. The molecule has 0 spiro atoms. The number of hydrogen-bond acceptors (Lipinski definition) is 7. The third kappa shape index (κ3) is 5.57. The van der Waals surface area contributed by atoms with E-state index in [2.05, 4.69) is 21.7 Å². The van der Waals surface area contributed by atoms with Gasteiger partial charge in [0, 0.05) is 43.9 Å². The van der Waals surface area contributed by atoms with E-state index in [1.165, 1.54) is 4.90 Å². The predicted octanol–water partition coefficient (Wildman–Crippen LogP) is 3.89. The fourth-order valence-electron chi connectivity index (χ4n) is 4.55. The van der Waals surface area contributed by atoms with Crippen molar-refractivity contribution in [3.8, 4) is 22.8 Å². The molecule has 2 aliphatic heterocycles. The molecule has 0 unspecified atom stereocenters. The Morgan fingerprint density at radius 3 is 2.63 bits per heavy atom. The van der Waals surface area contributed by atoms with E-state index >= 15 is 0 Å². The third-order valence-corrected chi connectivity index (χ3v) is 6.88. The average Bonchev–Trinajstić information content (AvgIpc) is 3.27. The molecule has 0 radical (unpaired) electrons. The van der Waals surface area contributed by atoms with Crippen molar-refractivity contribution in [3.05, 3.63) is 77.8 Å². The number of hydrogen-bond donors (Lipinski definition) is 0. The van der Waals surface area contributed by atoms with Crippen molar-refractivity contribution >= 4 is 29.2 Å². The summed E-state index contributed by atoms with van der Waals surface area (Å²) in [6.45, 7) is 6.58. The number of ether oxygens (including phenoxy) is 2. The Balaban J connectivity index is 1.21. The summed E-state index contributed by atoms with van der Waals surface area (Å²) >= 11 is 6.29. The third-order valence-electron chi connectivity index (χ3n) is 6.56. The summed E-state index contributed by atoms with van der Waals surface area (Å²) in [5.41, 5.74) is 1.98. The number of anilines is 1. The van der Waals surface area contributed by atoms with Crippen molar-refractivity contribution in [2.24, 2.45) is 0 Å². The normalized spacial score (nSPS) is 14.7. The molecule has 1 saturated heterocycles. The molecule has 0 aliphatic carbocycles. The number of halogens is 1. The van der Waals surface area contributed by atoms with Gasteiger partial charge in [-0.15, -0.1) is 16.8 Å². The fourth-order valence-corrected chi connectivity index (χ4v) is 4.79. The average molecular weight is 534 g/mol. The van der Waals surface area contributed by atoms with Gasteiger partial charge in [0.15, 0.2) is 17.3 Å². The van der Waals surface area contributed by atoms with Gasteiger partial charge >= 0.3 is 0 Å². The van der Waals surface area contributed by atoms with Gasteiger partial charge in [-0.1, -0.05) is 35.9 Å². The number of carbonyl (C=O) groups excluding carboxylic acids is 2. The molecule has 0 saturated carbocycles. The molecule has 2 amide bonds. The summed E-state index contributed by atoms with van der Waals surface area (Å²) in [7, 11) is 0. The minimum Gasteiger partial charge on any atom is -0.454 e. The van der Waals surface area contributed by atoms with Gasteiger partial charge in [0.25, 0.3) is 5.91 Å². The zero-order chi connectivity index (χ0) is 26.5. The molecular formula is C28H28ClN5O4. The highest BCUT2D eigenvalue weighted by Gasteiger charge is 2.25. The summed E-state index contributed by atoms with van der Waals surface area (Å²) in [6, 6.07) is 16.4. The second-order valence-electron chi connectivity index (χ2n) is 9.02. The van der Waals surface area contributed by atoms with E-state index < -0.39 is 0 Å². The number of amides is 2. The first-order valence-electron chi connectivity index (χ1n) is 12.4. The van der Waals surface area contributed by atoms with Gasteiger partial charge in [-0.25, -0.2) is 0 Å². The van der Waals surface area contributed by atoms with Crippen molar-refractivity contribution in [1.29, 1.82) is 0 Å². The molecule has 10 heteroatoms. The topological polar surface area (TPSA) is 88.1 Å². The molecule has 2 aliphatic rings. The maximum absolute atomic E-state index is 13.2. The highest BCUT2D eigenvalue weighted by atomic mass is 35.5. The van der Waals surface area contributed by atoms with Crippen LogP contribution in [0.15, 0.2) is 67.3 Å². The van der Waals surface area contributed by atoms with Crippen LogP contribution in [0.2, 0.25) is 5.02 Å². The number of aromatic nitrogens is 2. The number of rotatable bonds is 7. The van der Waals surface area contributed by atoms with Crippen molar-refractivity contribution in [1.82, 2.24) is 20.0 Å². The lowest BCUT2D eigenvalue weighted by atomic mass is 10.1. The quantitative estimate of drug-likeness (QED) is 0.426. The summed E-state index contributed by atoms with van der Waals surface area (Å²) in [4.78, 5) is 31.8. The van der Waals surface area contributed by atoms with E-state index in [0.717, 1.165) is 24.3 Å². The molecule has 0 N–H and O–H groups in total. The van der Waals surface area contributed by atoms with E-state index in [0.29, 0.717) is 47.4 Å². The fraction of sp³-hybridized carbons (Fsp3) is 0.286. The molecule has 38 heavy (non-hydrogen) atoms. The van der Waals surface area contributed by atoms with Crippen LogP contribution in [0.1, 0.15) is 16.8 Å². The van der Waals surface area contributed by atoms with Crippen molar-refractivity contribution in [3.63, 3.8) is 0 Å². The molecule has 1 aromatic heterocycles. The van der Waals surface area contributed by atoms with Crippen molar-refractivity contribution in [2.75, 3.05) is 51.0 Å². The first-order chi connectivity index (χ1) is 18.5. The summed E-state index contributed by atoms with van der Waals surface area (Å²) in [5.74, 6) is 1.51. The molecule has 196 valence electrons. The van der Waals surface area contributed by atoms with Gasteiger partial charge in [-0.05, 0) is 42.8 Å². The second kappa shape index (κ2) is 11.5. The lowest BCUT2D eigenvalue weighted by molar-refractivity contribution is -0.131. The molecule has 2 aromatic carbocycles. The van der Waals surface area contributed by atoms with Gasteiger partial charge in [-0.3, -0.25) is 9.59 Å². The minimum absolute atomic E-state index is 0.0361.